The highest BCUT2D eigenvalue weighted by molar-refractivity contribution is 9.10. The van der Waals surface area contributed by atoms with Crippen LogP contribution in [0.2, 0.25) is 0 Å². The van der Waals surface area contributed by atoms with Gasteiger partial charge in [0.1, 0.15) is 0 Å². The Labute approximate surface area is 150 Å². The molecule has 0 radical (unpaired) electrons. The molecule has 0 heterocycles. The molecule has 1 rings (SSSR count). The molecule has 0 saturated carbocycles. The van der Waals surface area contributed by atoms with Gasteiger partial charge < -0.3 is 15.4 Å². The number of halogens is 4. The number of ether oxygens (including phenoxy) is 1. The van der Waals surface area contributed by atoms with Crippen molar-refractivity contribution in [2.24, 2.45) is 0 Å². The van der Waals surface area contributed by atoms with E-state index in [1.54, 1.807) is 6.07 Å². The van der Waals surface area contributed by atoms with E-state index in [1.807, 2.05) is 18.2 Å². The number of anilines is 1. The average Bonchev–Trinajstić information content (AvgIpc) is 2.36. The van der Waals surface area contributed by atoms with Gasteiger partial charge in [-0.05, 0) is 30.4 Å². The van der Waals surface area contributed by atoms with Crippen molar-refractivity contribution < 1.29 is 9.53 Å². The molecule has 0 spiro atoms. The number of hydrogen-bond acceptors (Lipinski definition) is 3. The molecule has 0 aromatic heterocycles. The molecule has 0 aliphatic rings. The van der Waals surface area contributed by atoms with Crippen LogP contribution < -0.4 is 16.0 Å². The first kappa shape index (κ1) is 18.6. The van der Waals surface area contributed by atoms with Crippen molar-refractivity contribution in [1.29, 1.82) is 0 Å². The fourth-order valence-corrected chi connectivity index (χ4v) is 2.20. The Bertz CT molecular complexity index is 528. The van der Waals surface area contributed by atoms with Gasteiger partial charge in [0.2, 0.25) is 3.79 Å². The van der Waals surface area contributed by atoms with Crippen molar-refractivity contribution in [3.8, 4) is 0 Å². The molecule has 1 aromatic rings. The highest BCUT2D eigenvalue weighted by Crippen LogP contribution is 2.29. The molecule has 21 heavy (non-hydrogen) atoms. The zero-order chi connectivity index (χ0) is 16.0. The smallest absolute Gasteiger partial charge is 0.408 e. The summed E-state index contributed by atoms with van der Waals surface area (Å²) in [7, 11) is 1.20. The third-order valence-electron chi connectivity index (χ3n) is 2.13. The highest BCUT2D eigenvalue weighted by atomic mass is 79.9. The molecule has 0 aliphatic carbocycles. The van der Waals surface area contributed by atoms with Crippen LogP contribution in [-0.4, -0.2) is 28.3 Å². The normalized spacial score (nSPS) is 12.2. The van der Waals surface area contributed by atoms with Gasteiger partial charge >= 0.3 is 6.09 Å². The second-order valence-electron chi connectivity index (χ2n) is 3.72. The van der Waals surface area contributed by atoms with Gasteiger partial charge in [-0.15, -0.1) is 0 Å². The average molecular weight is 436 g/mol. The number of alkyl halides is 3. The highest BCUT2D eigenvalue weighted by Gasteiger charge is 2.34. The number of methoxy groups -OCH3 is 1. The number of nitrogens with one attached hydrogen (secondary N) is 3. The largest absolute Gasteiger partial charge is 0.453 e. The Morgan fingerprint density at radius 3 is 2.57 bits per heavy atom. The van der Waals surface area contributed by atoms with Crippen molar-refractivity contribution in [2.75, 3.05) is 12.4 Å². The van der Waals surface area contributed by atoms with Crippen molar-refractivity contribution in [1.82, 2.24) is 10.6 Å². The number of rotatable bonds is 3. The van der Waals surface area contributed by atoms with E-state index in [0.717, 1.165) is 10.2 Å². The summed E-state index contributed by atoms with van der Waals surface area (Å²) in [6.45, 7) is 0. The second kappa shape index (κ2) is 8.24. The SMILES string of the molecule is COC(=O)NC(NC(=S)Nc1cccc(Br)c1)C(Cl)(Cl)Cl. The maximum absolute atomic E-state index is 11.2. The summed E-state index contributed by atoms with van der Waals surface area (Å²) in [6, 6.07) is 7.31. The van der Waals surface area contributed by atoms with Crippen LogP contribution in [0.5, 0.6) is 0 Å². The van der Waals surface area contributed by atoms with E-state index in [1.165, 1.54) is 7.11 Å². The maximum atomic E-state index is 11.2. The van der Waals surface area contributed by atoms with Crippen LogP contribution in [0.15, 0.2) is 28.7 Å². The molecule has 1 atom stereocenters. The lowest BCUT2D eigenvalue weighted by Crippen LogP contribution is -2.56. The van der Waals surface area contributed by atoms with Crippen LogP contribution in [0, 0.1) is 0 Å². The summed E-state index contributed by atoms with van der Waals surface area (Å²) >= 11 is 25.8. The molecule has 0 fully saturated rings. The molecular weight excluding hydrogens is 424 g/mol. The lowest BCUT2D eigenvalue weighted by atomic mass is 10.3. The fraction of sp³-hybridized carbons (Fsp3) is 0.273. The monoisotopic (exact) mass is 433 g/mol. The number of hydrogen-bond donors (Lipinski definition) is 3. The zero-order valence-corrected chi connectivity index (χ0v) is 15.3. The predicted octanol–water partition coefficient (Wildman–Crippen LogP) is 3.79. The van der Waals surface area contributed by atoms with E-state index in [4.69, 9.17) is 47.0 Å². The van der Waals surface area contributed by atoms with Crippen molar-refractivity contribution in [2.45, 2.75) is 9.96 Å². The lowest BCUT2D eigenvalue weighted by Gasteiger charge is -2.27. The van der Waals surface area contributed by atoms with E-state index >= 15 is 0 Å². The molecule has 1 unspecified atom stereocenters. The van der Waals surface area contributed by atoms with E-state index in [-0.39, 0.29) is 5.11 Å². The molecule has 0 saturated heterocycles. The minimum absolute atomic E-state index is 0.167. The third kappa shape index (κ3) is 6.88. The Kier molecular flexibility index (Phi) is 7.29. The summed E-state index contributed by atoms with van der Waals surface area (Å²) in [6.07, 6.45) is -1.83. The van der Waals surface area contributed by atoms with E-state index < -0.39 is 16.1 Å². The molecule has 3 N–H and O–H groups in total. The summed E-state index contributed by atoms with van der Waals surface area (Å²) in [5.41, 5.74) is 0.725. The lowest BCUT2D eigenvalue weighted by molar-refractivity contribution is 0.166. The first-order valence-electron chi connectivity index (χ1n) is 5.46. The predicted molar refractivity (Wildman–Crippen MR) is 93.1 cm³/mol. The summed E-state index contributed by atoms with van der Waals surface area (Å²) < 4.78 is 3.51. The molecule has 10 heteroatoms. The van der Waals surface area contributed by atoms with Gasteiger partial charge in [0.05, 0.1) is 7.11 Å². The van der Waals surface area contributed by atoms with Gasteiger partial charge in [-0.3, -0.25) is 5.32 Å². The van der Waals surface area contributed by atoms with Gasteiger partial charge in [0, 0.05) is 10.2 Å². The zero-order valence-electron chi connectivity index (χ0n) is 10.6. The second-order valence-corrected chi connectivity index (χ2v) is 7.41. The van der Waals surface area contributed by atoms with E-state index in [0.29, 0.717) is 0 Å². The fourth-order valence-electron chi connectivity index (χ4n) is 1.24. The molecule has 1 aromatic carbocycles. The Morgan fingerprint density at radius 2 is 2.05 bits per heavy atom. The van der Waals surface area contributed by atoms with Crippen LogP contribution in [0.25, 0.3) is 0 Å². The number of benzene rings is 1. The van der Waals surface area contributed by atoms with Crippen LogP contribution in [0.4, 0.5) is 10.5 Å². The Hall–Kier alpha value is -0.470. The third-order valence-corrected chi connectivity index (χ3v) is 3.50. The van der Waals surface area contributed by atoms with Crippen LogP contribution in [-0.2, 0) is 4.74 Å². The molecular formula is C11H11BrCl3N3O2S. The standard InChI is InChI=1S/C11H11BrCl3N3O2S/c1-20-10(19)18-8(11(13,14)15)17-9(21)16-7-4-2-3-6(12)5-7/h2-5,8H,1H3,(H,18,19)(H2,16,17,21). The molecule has 0 aliphatic heterocycles. The number of thiocarbonyl (C=S) groups is 1. The topological polar surface area (TPSA) is 62.4 Å². The molecule has 0 bridgehead atoms. The minimum Gasteiger partial charge on any atom is -0.453 e. The van der Waals surface area contributed by atoms with Crippen molar-refractivity contribution >= 4 is 79.8 Å². The summed E-state index contributed by atoms with van der Waals surface area (Å²) in [4.78, 5) is 11.2. The number of amides is 1. The Balaban J connectivity index is 2.70. The van der Waals surface area contributed by atoms with Gasteiger partial charge in [0.15, 0.2) is 11.3 Å². The number of carbonyl (C=O) groups is 1. The number of carbonyl (C=O) groups excluding carboxylic acids is 1. The maximum Gasteiger partial charge on any atom is 0.408 e. The van der Waals surface area contributed by atoms with Crippen LogP contribution >= 0.6 is 63.0 Å². The van der Waals surface area contributed by atoms with Gasteiger partial charge in [-0.2, -0.15) is 0 Å². The summed E-state index contributed by atoms with van der Waals surface area (Å²) in [5, 5.41) is 8.08. The molecule has 116 valence electrons. The molecule has 1 amide bonds. The van der Waals surface area contributed by atoms with Gasteiger partial charge in [0.25, 0.3) is 0 Å². The first-order chi connectivity index (χ1) is 9.72. The van der Waals surface area contributed by atoms with E-state index in [9.17, 15) is 4.79 Å². The van der Waals surface area contributed by atoms with Crippen molar-refractivity contribution in [3.05, 3.63) is 28.7 Å². The van der Waals surface area contributed by atoms with Gasteiger partial charge in [-0.1, -0.05) is 56.8 Å². The number of alkyl carbamates (subject to hydrolysis) is 1. The van der Waals surface area contributed by atoms with Gasteiger partial charge in [-0.25, -0.2) is 4.79 Å². The van der Waals surface area contributed by atoms with Crippen LogP contribution in [0.3, 0.4) is 0 Å². The summed E-state index contributed by atoms with van der Waals surface area (Å²) in [5.74, 6) is 0. The van der Waals surface area contributed by atoms with Crippen molar-refractivity contribution in [3.63, 3.8) is 0 Å². The Morgan fingerprint density at radius 1 is 1.38 bits per heavy atom. The first-order valence-corrected chi connectivity index (χ1v) is 7.80. The quantitative estimate of drug-likeness (QED) is 0.383. The molecule has 5 nitrogen and oxygen atoms in total. The minimum atomic E-state index is -1.82. The van der Waals surface area contributed by atoms with E-state index in [2.05, 4.69) is 36.6 Å². The van der Waals surface area contributed by atoms with Crippen LogP contribution in [0.1, 0.15) is 0 Å².